The van der Waals surface area contributed by atoms with Crippen LogP contribution in [0.15, 0.2) is 46.0 Å². The maximum Gasteiger partial charge on any atom is 0.271 e. The fraction of sp³-hybridized carbons (Fsp3) is 0.125. The molecule has 0 unspecified atom stereocenters. The first kappa shape index (κ1) is 17.7. The Kier molecular flexibility index (Phi) is 6.40. The van der Waals surface area contributed by atoms with Gasteiger partial charge >= 0.3 is 0 Å². The zero-order valence-corrected chi connectivity index (χ0v) is 16.0. The Hall–Kier alpha value is -1.61. The number of rotatable bonds is 5. The van der Waals surface area contributed by atoms with Crippen molar-refractivity contribution in [1.82, 2.24) is 5.43 Å². The summed E-state index contributed by atoms with van der Waals surface area (Å²) >= 11 is 5.32. The molecule has 0 heterocycles. The number of ether oxygens (including phenoxy) is 1. The highest BCUT2D eigenvalue weighted by Crippen LogP contribution is 2.32. The first-order valence-electron chi connectivity index (χ1n) is 6.75. The van der Waals surface area contributed by atoms with Crippen molar-refractivity contribution in [3.05, 3.63) is 55.6 Å². The fourth-order valence-corrected chi connectivity index (χ4v) is 2.82. The summed E-state index contributed by atoms with van der Waals surface area (Å²) in [6.07, 6.45) is 1.50. The quantitative estimate of drug-likeness (QED) is 0.380. The van der Waals surface area contributed by atoms with Gasteiger partial charge in [-0.25, -0.2) is 5.43 Å². The molecule has 1 amide bonds. The molecular formula is C16H14BrIN2O3. The Balaban J connectivity index is 2.10. The molecule has 7 heteroatoms. The summed E-state index contributed by atoms with van der Waals surface area (Å²) in [5.41, 5.74) is 3.68. The molecule has 0 radical (unpaired) electrons. The molecule has 2 N–H and O–H groups in total. The summed E-state index contributed by atoms with van der Waals surface area (Å²) in [6, 6.07) is 10.4. The second-order valence-corrected chi connectivity index (χ2v) is 6.57. The van der Waals surface area contributed by atoms with E-state index in [1.54, 1.807) is 30.3 Å². The smallest absolute Gasteiger partial charge is 0.271 e. The maximum atomic E-state index is 12.0. The molecule has 0 aliphatic carbocycles. The minimum atomic E-state index is -0.305. The van der Waals surface area contributed by atoms with E-state index in [2.05, 4.69) is 26.5 Å². The van der Waals surface area contributed by atoms with E-state index in [0.717, 1.165) is 4.47 Å². The third-order valence-electron chi connectivity index (χ3n) is 2.82. The highest BCUT2D eigenvalue weighted by Gasteiger charge is 2.08. The lowest BCUT2D eigenvalue weighted by atomic mass is 10.2. The minimum Gasteiger partial charge on any atom is -0.504 e. The van der Waals surface area contributed by atoms with E-state index in [4.69, 9.17) is 4.74 Å². The molecule has 0 aliphatic heterocycles. The van der Waals surface area contributed by atoms with Crippen LogP contribution < -0.4 is 10.2 Å². The number of amides is 1. The number of nitrogens with zero attached hydrogens (tertiary/aromatic N) is 1. The van der Waals surface area contributed by atoms with Crippen molar-refractivity contribution in [3.8, 4) is 11.5 Å². The molecule has 0 saturated heterocycles. The van der Waals surface area contributed by atoms with Crippen LogP contribution in [0.2, 0.25) is 0 Å². The van der Waals surface area contributed by atoms with Crippen molar-refractivity contribution in [2.24, 2.45) is 5.10 Å². The van der Waals surface area contributed by atoms with Crippen LogP contribution in [0.25, 0.3) is 0 Å². The molecule has 0 saturated carbocycles. The Morgan fingerprint density at radius 3 is 2.91 bits per heavy atom. The second kappa shape index (κ2) is 8.30. The predicted molar refractivity (Wildman–Crippen MR) is 101 cm³/mol. The number of halogens is 2. The van der Waals surface area contributed by atoms with Crippen molar-refractivity contribution in [2.45, 2.75) is 6.92 Å². The number of carbonyl (C=O) groups excluding carboxylic acids is 1. The van der Waals surface area contributed by atoms with Gasteiger partial charge in [0.05, 0.1) is 16.4 Å². The molecular weight excluding hydrogens is 475 g/mol. The van der Waals surface area contributed by atoms with Gasteiger partial charge < -0.3 is 9.84 Å². The van der Waals surface area contributed by atoms with Crippen LogP contribution in [-0.2, 0) is 0 Å². The summed E-state index contributed by atoms with van der Waals surface area (Å²) in [5, 5.41) is 13.8. The van der Waals surface area contributed by atoms with Gasteiger partial charge in [0.25, 0.3) is 5.91 Å². The Bertz CT molecular complexity index is 750. The normalized spacial score (nSPS) is 10.7. The third-order valence-corrected chi connectivity index (χ3v) is 4.13. The molecule has 0 atom stereocenters. The maximum absolute atomic E-state index is 12.0. The van der Waals surface area contributed by atoms with Gasteiger partial charge in [0, 0.05) is 10.0 Å². The van der Waals surface area contributed by atoms with E-state index in [9.17, 15) is 9.90 Å². The molecule has 2 aromatic carbocycles. The summed E-state index contributed by atoms with van der Waals surface area (Å²) < 4.78 is 6.83. The van der Waals surface area contributed by atoms with Crippen molar-refractivity contribution in [1.29, 1.82) is 0 Å². The van der Waals surface area contributed by atoms with Crippen molar-refractivity contribution >= 4 is 50.6 Å². The van der Waals surface area contributed by atoms with Gasteiger partial charge in [-0.2, -0.15) is 5.10 Å². The van der Waals surface area contributed by atoms with Gasteiger partial charge in [0.15, 0.2) is 11.5 Å². The van der Waals surface area contributed by atoms with Gasteiger partial charge in [-0.1, -0.05) is 22.0 Å². The topological polar surface area (TPSA) is 70.9 Å². The number of benzene rings is 2. The highest BCUT2D eigenvalue weighted by atomic mass is 127. The number of hydrazone groups is 1. The van der Waals surface area contributed by atoms with Crippen LogP contribution in [0.4, 0.5) is 0 Å². The molecule has 2 rings (SSSR count). The molecule has 120 valence electrons. The first-order chi connectivity index (χ1) is 11.0. The minimum absolute atomic E-state index is 0.0998. The first-order valence-corrected chi connectivity index (χ1v) is 8.62. The fourth-order valence-electron chi connectivity index (χ4n) is 1.79. The second-order valence-electron chi connectivity index (χ2n) is 4.49. The van der Waals surface area contributed by atoms with Crippen LogP contribution in [0, 0.1) is 3.57 Å². The van der Waals surface area contributed by atoms with Crippen molar-refractivity contribution in [2.75, 3.05) is 6.61 Å². The Labute approximate surface area is 156 Å². The van der Waals surface area contributed by atoms with E-state index in [0.29, 0.717) is 27.1 Å². The number of carbonyl (C=O) groups is 1. The van der Waals surface area contributed by atoms with E-state index in [-0.39, 0.29) is 11.7 Å². The number of phenolic OH excluding ortho intramolecular Hbond substituents is 1. The molecule has 5 nitrogen and oxygen atoms in total. The SMILES string of the molecule is CCOc1cc(/C=N\NC(=O)c2cccc(Br)c2)cc(I)c1O. The summed E-state index contributed by atoms with van der Waals surface area (Å²) in [5.74, 6) is 0.183. The van der Waals surface area contributed by atoms with Gasteiger partial charge in [0.1, 0.15) is 0 Å². The van der Waals surface area contributed by atoms with E-state index in [1.165, 1.54) is 6.21 Å². The number of nitrogens with one attached hydrogen (secondary N) is 1. The van der Waals surface area contributed by atoms with Crippen LogP contribution >= 0.6 is 38.5 Å². The number of phenols is 1. The van der Waals surface area contributed by atoms with Gasteiger partial charge in [-0.05, 0) is 65.4 Å². The van der Waals surface area contributed by atoms with Crippen LogP contribution in [0.3, 0.4) is 0 Å². The Morgan fingerprint density at radius 2 is 2.22 bits per heavy atom. The highest BCUT2D eigenvalue weighted by molar-refractivity contribution is 14.1. The van der Waals surface area contributed by atoms with Crippen molar-refractivity contribution in [3.63, 3.8) is 0 Å². The molecule has 0 bridgehead atoms. The number of aromatic hydroxyl groups is 1. The zero-order valence-electron chi connectivity index (χ0n) is 12.2. The molecule has 0 fully saturated rings. The summed E-state index contributed by atoms with van der Waals surface area (Å²) in [4.78, 5) is 12.0. The average Bonchev–Trinajstić information content (AvgIpc) is 2.52. The van der Waals surface area contributed by atoms with Crippen LogP contribution in [-0.4, -0.2) is 23.8 Å². The largest absolute Gasteiger partial charge is 0.504 e. The number of hydrogen-bond acceptors (Lipinski definition) is 4. The molecule has 23 heavy (non-hydrogen) atoms. The van der Waals surface area contributed by atoms with E-state index in [1.807, 2.05) is 35.6 Å². The average molecular weight is 489 g/mol. The van der Waals surface area contributed by atoms with Gasteiger partial charge in [-0.3, -0.25) is 4.79 Å². The van der Waals surface area contributed by atoms with Crippen molar-refractivity contribution < 1.29 is 14.6 Å². The van der Waals surface area contributed by atoms with Gasteiger partial charge in [0.2, 0.25) is 0 Å². The lowest BCUT2D eigenvalue weighted by Gasteiger charge is -2.08. The standard InChI is InChI=1S/C16H14BrIN2O3/c1-2-23-14-7-10(6-13(18)15(14)21)9-19-20-16(22)11-4-3-5-12(17)8-11/h3-9,21H,2H2,1H3,(H,20,22)/b19-9-. The zero-order chi connectivity index (χ0) is 16.8. The van der Waals surface area contributed by atoms with Gasteiger partial charge in [-0.15, -0.1) is 0 Å². The predicted octanol–water partition coefficient (Wildman–Crippen LogP) is 3.92. The molecule has 0 spiro atoms. The summed E-state index contributed by atoms with van der Waals surface area (Å²) in [7, 11) is 0. The third kappa shape index (κ3) is 4.93. The number of hydrogen-bond donors (Lipinski definition) is 2. The lowest BCUT2D eigenvalue weighted by Crippen LogP contribution is -2.17. The van der Waals surface area contributed by atoms with E-state index < -0.39 is 0 Å². The molecule has 0 aromatic heterocycles. The Morgan fingerprint density at radius 1 is 1.43 bits per heavy atom. The molecule has 0 aliphatic rings. The van der Waals surface area contributed by atoms with E-state index >= 15 is 0 Å². The summed E-state index contributed by atoms with van der Waals surface area (Å²) in [6.45, 7) is 2.29. The van der Waals surface area contributed by atoms with Crippen LogP contribution in [0.5, 0.6) is 11.5 Å². The van der Waals surface area contributed by atoms with Crippen LogP contribution in [0.1, 0.15) is 22.8 Å². The lowest BCUT2D eigenvalue weighted by molar-refractivity contribution is 0.0955. The molecule has 2 aromatic rings. The monoisotopic (exact) mass is 488 g/mol.